The summed E-state index contributed by atoms with van der Waals surface area (Å²) in [7, 11) is 0. The van der Waals surface area contributed by atoms with E-state index in [0.29, 0.717) is 0 Å². The molecule has 0 radical (unpaired) electrons. The van der Waals surface area contributed by atoms with Crippen molar-refractivity contribution in [3.8, 4) is 0 Å². The lowest BCUT2D eigenvalue weighted by atomic mass is 10.6. The number of alkyl halides is 3. The molecule has 0 unspecified atom stereocenters. The number of azide groups is 1. The van der Waals surface area contributed by atoms with Crippen LogP contribution in [0.5, 0.6) is 0 Å². The third-order valence-corrected chi connectivity index (χ3v) is 1.01. The normalized spacial score (nSPS) is 10.2. The van der Waals surface area contributed by atoms with E-state index in [0.717, 1.165) is 0 Å². The first-order valence-electron chi connectivity index (χ1n) is 3.55. The lowest BCUT2D eigenvalue weighted by Gasteiger charge is -2.08. The lowest BCUT2D eigenvalue weighted by Crippen LogP contribution is -2.41. The fourth-order valence-corrected chi connectivity index (χ4v) is 0.507. The summed E-state index contributed by atoms with van der Waals surface area (Å²) < 4.78 is 34.6. The third kappa shape index (κ3) is 8.47. The summed E-state index contributed by atoms with van der Waals surface area (Å²) in [4.78, 5) is 13.0. The maximum Gasteiger partial charge on any atom is 0.405 e. The Balaban J connectivity index is 3.51. The summed E-state index contributed by atoms with van der Waals surface area (Å²) in [5.74, 6) is 0. The fraction of sp³-hybridized carbons (Fsp3) is 0.800. The Kier molecular flexibility index (Phi) is 5.23. The molecule has 0 atom stereocenters. The number of halogens is 3. The molecule has 0 saturated carbocycles. The Morgan fingerprint density at radius 3 is 2.57 bits per heavy atom. The van der Waals surface area contributed by atoms with E-state index in [2.05, 4.69) is 15.3 Å². The molecule has 0 aromatic carbocycles. The van der Waals surface area contributed by atoms with Gasteiger partial charge in [-0.05, 0) is 5.53 Å². The van der Waals surface area contributed by atoms with Crippen LogP contribution in [0.25, 0.3) is 10.4 Å². The minimum atomic E-state index is -4.43. The molecule has 6 nitrogen and oxygen atoms in total. The van der Waals surface area contributed by atoms with Gasteiger partial charge in [-0.15, -0.1) is 0 Å². The average molecular weight is 211 g/mol. The van der Waals surface area contributed by atoms with Crippen molar-refractivity contribution >= 4 is 6.03 Å². The minimum Gasteiger partial charge on any atom is -0.338 e. The van der Waals surface area contributed by atoms with Gasteiger partial charge in [0.25, 0.3) is 0 Å². The highest BCUT2D eigenvalue weighted by Gasteiger charge is 2.27. The zero-order valence-corrected chi connectivity index (χ0v) is 7.01. The van der Waals surface area contributed by atoms with Gasteiger partial charge < -0.3 is 10.6 Å². The number of rotatable bonds is 4. The first-order valence-corrected chi connectivity index (χ1v) is 3.55. The van der Waals surface area contributed by atoms with E-state index < -0.39 is 18.8 Å². The highest BCUT2D eigenvalue weighted by molar-refractivity contribution is 5.73. The predicted octanol–water partition coefficient (Wildman–Crippen LogP) is 1.16. The van der Waals surface area contributed by atoms with Crippen LogP contribution in [0.3, 0.4) is 0 Å². The molecule has 9 heteroatoms. The first kappa shape index (κ1) is 12.4. The van der Waals surface area contributed by atoms with Crippen molar-refractivity contribution in [1.82, 2.24) is 10.6 Å². The van der Waals surface area contributed by atoms with Gasteiger partial charge in [-0.2, -0.15) is 13.2 Å². The molecule has 0 spiro atoms. The summed E-state index contributed by atoms with van der Waals surface area (Å²) >= 11 is 0. The molecule has 0 aromatic heterocycles. The average Bonchev–Trinajstić information content (AvgIpc) is 2.08. The molecule has 0 aromatic rings. The van der Waals surface area contributed by atoms with Crippen molar-refractivity contribution < 1.29 is 18.0 Å². The van der Waals surface area contributed by atoms with Gasteiger partial charge in [-0.3, -0.25) is 0 Å². The van der Waals surface area contributed by atoms with Crippen LogP contribution in [0, 0.1) is 0 Å². The predicted molar refractivity (Wildman–Crippen MR) is 41.5 cm³/mol. The van der Waals surface area contributed by atoms with Gasteiger partial charge in [-0.1, -0.05) is 5.11 Å². The van der Waals surface area contributed by atoms with Crippen LogP contribution < -0.4 is 10.6 Å². The van der Waals surface area contributed by atoms with Crippen molar-refractivity contribution in [2.75, 3.05) is 19.6 Å². The minimum absolute atomic E-state index is 0.00403. The molecule has 0 saturated heterocycles. The summed E-state index contributed by atoms with van der Waals surface area (Å²) in [6.07, 6.45) is -4.43. The number of nitrogens with one attached hydrogen (secondary N) is 2. The van der Waals surface area contributed by atoms with Gasteiger partial charge >= 0.3 is 12.2 Å². The van der Waals surface area contributed by atoms with Crippen molar-refractivity contribution in [2.24, 2.45) is 5.11 Å². The molecular formula is C5H8F3N5O. The molecule has 80 valence electrons. The SMILES string of the molecule is [N-]=[N+]=NCCNC(=O)NCC(F)(F)F. The summed E-state index contributed by atoms with van der Waals surface area (Å²) in [5.41, 5.74) is 7.82. The monoisotopic (exact) mass is 211 g/mol. The Hall–Kier alpha value is -1.63. The van der Waals surface area contributed by atoms with Crippen LogP contribution in [0.1, 0.15) is 0 Å². The molecule has 0 bridgehead atoms. The van der Waals surface area contributed by atoms with E-state index >= 15 is 0 Å². The standard InChI is InChI=1S/C5H8F3N5O/c6-5(7,8)3-11-4(14)10-1-2-12-13-9/h1-3H2,(H2,10,11,14). The molecule has 0 aliphatic heterocycles. The number of carbonyl (C=O) groups excluding carboxylic acids is 1. The van der Waals surface area contributed by atoms with Crippen molar-refractivity contribution in [3.05, 3.63) is 10.4 Å². The number of nitrogens with zero attached hydrogens (tertiary/aromatic N) is 3. The van der Waals surface area contributed by atoms with E-state index in [-0.39, 0.29) is 13.1 Å². The Bertz CT molecular complexity index is 234. The summed E-state index contributed by atoms with van der Waals surface area (Å²) in [6, 6.07) is -0.949. The summed E-state index contributed by atoms with van der Waals surface area (Å²) in [6.45, 7) is -1.40. The highest BCUT2D eigenvalue weighted by Crippen LogP contribution is 2.11. The van der Waals surface area contributed by atoms with E-state index in [9.17, 15) is 18.0 Å². The van der Waals surface area contributed by atoms with E-state index in [1.807, 2.05) is 0 Å². The Morgan fingerprint density at radius 1 is 1.43 bits per heavy atom. The third-order valence-electron chi connectivity index (χ3n) is 1.01. The molecule has 0 aliphatic carbocycles. The fourth-order valence-electron chi connectivity index (χ4n) is 0.507. The van der Waals surface area contributed by atoms with E-state index in [1.54, 1.807) is 5.32 Å². The lowest BCUT2D eigenvalue weighted by molar-refractivity contribution is -0.122. The molecule has 0 fully saturated rings. The maximum atomic E-state index is 11.5. The van der Waals surface area contributed by atoms with Gasteiger partial charge in [0.15, 0.2) is 0 Å². The highest BCUT2D eigenvalue weighted by atomic mass is 19.4. The topological polar surface area (TPSA) is 89.9 Å². The second-order valence-electron chi connectivity index (χ2n) is 2.18. The van der Waals surface area contributed by atoms with Crippen molar-refractivity contribution in [1.29, 1.82) is 0 Å². The van der Waals surface area contributed by atoms with Crippen LogP contribution in [0.2, 0.25) is 0 Å². The van der Waals surface area contributed by atoms with E-state index in [4.69, 9.17) is 5.53 Å². The number of hydrogen-bond acceptors (Lipinski definition) is 2. The smallest absolute Gasteiger partial charge is 0.338 e. The van der Waals surface area contributed by atoms with E-state index in [1.165, 1.54) is 0 Å². The van der Waals surface area contributed by atoms with Crippen molar-refractivity contribution in [3.63, 3.8) is 0 Å². The van der Waals surface area contributed by atoms with Crippen LogP contribution in [0.4, 0.5) is 18.0 Å². The molecule has 2 amide bonds. The van der Waals surface area contributed by atoms with Gasteiger partial charge in [0.2, 0.25) is 0 Å². The van der Waals surface area contributed by atoms with Crippen LogP contribution in [-0.2, 0) is 0 Å². The summed E-state index contributed by atoms with van der Waals surface area (Å²) in [5, 5.41) is 6.73. The van der Waals surface area contributed by atoms with Gasteiger partial charge in [0, 0.05) is 18.0 Å². The quantitative estimate of drug-likeness (QED) is 0.310. The zero-order chi connectivity index (χ0) is 11.0. The maximum absolute atomic E-state index is 11.5. The molecule has 0 rings (SSSR count). The molecule has 0 heterocycles. The zero-order valence-electron chi connectivity index (χ0n) is 7.01. The molecule has 14 heavy (non-hydrogen) atoms. The Morgan fingerprint density at radius 2 is 2.07 bits per heavy atom. The second kappa shape index (κ2) is 5.92. The number of hydrogen-bond donors (Lipinski definition) is 2. The van der Waals surface area contributed by atoms with Crippen LogP contribution in [0.15, 0.2) is 5.11 Å². The molecule has 2 N–H and O–H groups in total. The number of amides is 2. The number of urea groups is 1. The largest absolute Gasteiger partial charge is 0.405 e. The Labute approximate surface area is 77.1 Å². The van der Waals surface area contributed by atoms with Gasteiger partial charge in [0.05, 0.1) is 0 Å². The second-order valence-corrected chi connectivity index (χ2v) is 2.18. The molecule has 0 aliphatic rings. The van der Waals surface area contributed by atoms with Crippen LogP contribution >= 0.6 is 0 Å². The number of carbonyl (C=O) groups is 1. The van der Waals surface area contributed by atoms with Gasteiger partial charge in [0.1, 0.15) is 6.54 Å². The first-order chi connectivity index (χ1) is 6.45. The van der Waals surface area contributed by atoms with Crippen LogP contribution in [-0.4, -0.2) is 31.8 Å². The van der Waals surface area contributed by atoms with Gasteiger partial charge in [-0.25, -0.2) is 4.79 Å². The van der Waals surface area contributed by atoms with Crippen molar-refractivity contribution in [2.45, 2.75) is 6.18 Å². The molecular weight excluding hydrogens is 203 g/mol.